The Kier molecular flexibility index (Phi) is 5.66. The molecule has 0 radical (unpaired) electrons. The van der Waals surface area contributed by atoms with E-state index in [1.165, 1.54) is 18.2 Å². The molecule has 2 rings (SSSR count). The monoisotopic (exact) mass is 354 g/mol. The van der Waals surface area contributed by atoms with Gasteiger partial charge in [0.15, 0.2) is 0 Å². The van der Waals surface area contributed by atoms with E-state index in [9.17, 15) is 9.36 Å². The van der Waals surface area contributed by atoms with Gasteiger partial charge in [-0.2, -0.15) is 0 Å². The van der Waals surface area contributed by atoms with E-state index in [4.69, 9.17) is 33.4 Å². The van der Waals surface area contributed by atoms with Crippen molar-refractivity contribution in [1.82, 2.24) is 0 Å². The second-order valence-electron chi connectivity index (χ2n) is 4.00. The van der Waals surface area contributed by atoms with Crippen molar-refractivity contribution in [3.63, 3.8) is 0 Å². The van der Waals surface area contributed by atoms with Crippen molar-refractivity contribution in [3.8, 4) is 5.75 Å². The molecule has 0 atom stereocenters. The minimum Gasteiger partial charge on any atom is -0.423 e. The van der Waals surface area contributed by atoms with Crippen molar-refractivity contribution in [3.05, 3.63) is 40.2 Å². The van der Waals surface area contributed by atoms with Gasteiger partial charge < -0.3 is 23.6 Å². The Morgan fingerprint density at radius 1 is 1.05 bits per heavy atom. The number of rotatable bonds is 2. The summed E-state index contributed by atoms with van der Waals surface area (Å²) in [5, 5.41) is 0.683. The third-order valence-electron chi connectivity index (χ3n) is 2.15. The summed E-state index contributed by atoms with van der Waals surface area (Å²) in [5.74, 6) is -0.0559. The first-order valence-corrected chi connectivity index (χ1v) is 8.53. The van der Waals surface area contributed by atoms with Crippen molar-refractivity contribution in [2.24, 2.45) is 0 Å². The number of phosphoric ester groups is 1. The Morgan fingerprint density at radius 2 is 1.59 bits per heavy atom. The highest BCUT2D eigenvalue weighted by molar-refractivity contribution is 7.46. The highest BCUT2D eigenvalue weighted by Gasteiger charge is 2.16. The molecule has 0 aliphatic rings. The molecule has 122 valence electrons. The molecule has 0 bridgehead atoms. The number of fused-ring (bicyclic) bond motifs is 1. The van der Waals surface area contributed by atoms with Crippen LogP contribution < -0.4 is 10.1 Å². The Balaban J connectivity index is 0.000000422. The van der Waals surface area contributed by atoms with Gasteiger partial charge in [-0.15, -0.1) is 0 Å². The largest absolute Gasteiger partial charge is 0.524 e. The van der Waals surface area contributed by atoms with E-state index < -0.39 is 21.3 Å². The van der Waals surface area contributed by atoms with Gasteiger partial charge in [-0.05, 0) is 24.6 Å². The molecule has 0 aliphatic heterocycles. The maximum absolute atomic E-state index is 11.1. The van der Waals surface area contributed by atoms with Crippen LogP contribution in [0.5, 0.6) is 5.75 Å². The normalized spacial score (nSPS) is 11.7. The minimum absolute atomic E-state index is 0.0559. The van der Waals surface area contributed by atoms with Crippen LogP contribution in [0.2, 0.25) is 0 Å². The van der Waals surface area contributed by atoms with E-state index in [2.05, 4.69) is 4.52 Å². The smallest absolute Gasteiger partial charge is 0.423 e. The molecular formula is C10H12O10P2. The lowest BCUT2D eigenvalue weighted by Gasteiger charge is -2.07. The van der Waals surface area contributed by atoms with Crippen LogP contribution in [0.3, 0.4) is 0 Å². The molecule has 0 unspecified atom stereocenters. The first kappa shape index (κ1) is 18.5. The fraction of sp³-hybridized carbons (Fsp3) is 0.100. The van der Waals surface area contributed by atoms with E-state index in [1.807, 2.05) is 0 Å². The summed E-state index contributed by atoms with van der Waals surface area (Å²) in [5.41, 5.74) is 0.420. The zero-order valence-electron chi connectivity index (χ0n) is 11.0. The van der Waals surface area contributed by atoms with Gasteiger partial charge in [0, 0.05) is 17.5 Å². The molecule has 1 aromatic carbocycles. The van der Waals surface area contributed by atoms with Crippen LogP contribution in [0, 0.1) is 6.92 Å². The molecule has 5 N–H and O–H groups in total. The van der Waals surface area contributed by atoms with Crippen LogP contribution in [-0.2, 0) is 9.13 Å². The zero-order valence-corrected chi connectivity index (χ0v) is 12.8. The van der Waals surface area contributed by atoms with E-state index in [-0.39, 0.29) is 11.3 Å². The summed E-state index contributed by atoms with van der Waals surface area (Å²) in [4.78, 5) is 50.0. The fourth-order valence-corrected chi connectivity index (χ4v) is 1.89. The number of hydrogen-bond acceptors (Lipinski definition) is 5. The molecule has 0 aliphatic carbocycles. The molecular weight excluding hydrogens is 342 g/mol. The molecule has 1 heterocycles. The number of aryl methyl sites for hydroxylation is 1. The molecule has 0 amide bonds. The van der Waals surface area contributed by atoms with E-state index in [1.54, 1.807) is 13.0 Å². The number of phosphoric acid groups is 2. The van der Waals surface area contributed by atoms with Crippen molar-refractivity contribution in [2.75, 3.05) is 0 Å². The molecule has 2 aromatic rings. The van der Waals surface area contributed by atoms with Gasteiger partial charge in [0.25, 0.3) is 0 Å². The Hall–Kier alpha value is -1.51. The second-order valence-corrected chi connectivity index (χ2v) is 6.19. The van der Waals surface area contributed by atoms with Crippen LogP contribution >= 0.6 is 15.6 Å². The lowest BCUT2D eigenvalue weighted by Crippen LogP contribution is -1.98. The van der Waals surface area contributed by atoms with Gasteiger partial charge in [-0.3, -0.25) is 9.79 Å². The highest BCUT2D eigenvalue weighted by atomic mass is 31.2. The lowest BCUT2D eigenvalue weighted by molar-refractivity contribution is 0.274. The third kappa shape index (κ3) is 6.97. The standard InChI is InChI=1S/C10H9O6P.H3O4P/c1-6-4-10(11)15-9-5-7(2-3-8(6)9)16-17(12,13)14;1-5(2,3)4/h2-5H,1H3,(H2,12,13,14);(H3,1,2,3,4). The SMILES string of the molecule is Cc1cc(=O)oc2cc(OP(=O)(O)O)ccc12.O=P(O)(O)O. The van der Waals surface area contributed by atoms with Crippen LogP contribution in [0.15, 0.2) is 33.5 Å². The molecule has 0 spiro atoms. The van der Waals surface area contributed by atoms with Gasteiger partial charge in [-0.1, -0.05) is 0 Å². The molecule has 0 saturated carbocycles. The van der Waals surface area contributed by atoms with Gasteiger partial charge >= 0.3 is 21.3 Å². The first-order chi connectivity index (χ1) is 9.85. The summed E-state index contributed by atoms with van der Waals surface area (Å²) in [6.45, 7) is 1.74. The molecule has 12 heteroatoms. The first-order valence-electron chi connectivity index (χ1n) is 5.43. The van der Waals surface area contributed by atoms with Crippen LogP contribution in [0.25, 0.3) is 11.0 Å². The summed E-state index contributed by atoms with van der Waals surface area (Å²) < 4.78 is 28.8. The number of benzene rings is 1. The fourth-order valence-electron chi connectivity index (χ4n) is 1.50. The predicted octanol–water partition coefficient (Wildman–Crippen LogP) is 0.644. The third-order valence-corrected chi connectivity index (χ3v) is 2.60. The predicted molar refractivity (Wildman–Crippen MR) is 74.2 cm³/mol. The highest BCUT2D eigenvalue weighted by Crippen LogP contribution is 2.38. The lowest BCUT2D eigenvalue weighted by atomic mass is 10.1. The van der Waals surface area contributed by atoms with E-state index in [0.29, 0.717) is 5.39 Å². The molecule has 0 saturated heterocycles. The Bertz CT molecular complexity index is 806. The van der Waals surface area contributed by atoms with Gasteiger partial charge in [0.1, 0.15) is 11.3 Å². The van der Waals surface area contributed by atoms with E-state index in [0.717, 1.165) is 5.56 Å². The van der Waals surface area contributed by atoms with Crippen LogP contribution in [-0.4, -0.2) is 24.5 Å². The average Bonchev–Trinajstić information content (AvgIpc) is 2.22. The van der Waals surface area contributed by atoms with Crippen LogP contribution in [0.4, 0.5) is 0 Å². The maximum Gasteiger partial charge on any atom is 0.524 e. The van der Waals surface area contributed by atoms with Crippen molar-refractivity contribution >= 4 is 26.6 Å². The van der Waals surface area contributed by atoms with Crippen molar-refractivity contribution in [2.45, 2.75) is 6.92 Å². The second kappa shape index (κ2) is 6.72. The summed E-state index contributed by atoms with van der Waals surface area (Å²) in [7, 11) is -9.25. The summed E-state index contributed by atoms with van der Waals surface area (Å²) >= 11 is 0. The van der Waals surface area contributed by atoms with Gasteiger partial charge in [0.2, 0.25) is 0 Å². The van der Waals surface area contributed by atoms with Crippen LogP contribution in [0.1, 0.15) is 5.56 Å². The van der Waals surface area contributed by atoms with Gasteiger partial charge in [0.05, 0.1) is 0 Å². The Labute approximate surface area is 123 Å². The topological polar surface area (TPSA) is 175 Å². The molecule has 1 aromatic heterocycles. The number of hydrogen-bond donors (Lipinski definition) is 5. The quantitative estimate of drug-likeness (QED) is 0.380. The summed E-state index contributed by atoms with van der Waals surface area (Å²) in [6.07, 6.45) is 0. The summed E-state index contributed by atoms with van der Waals surface area (Å²) in [6, 6.07) is 5.57. The minimum atomic E-state index is -4.64. The Morgan fingerprint density at radius 3 is 2.09 bits per heavy atom. The molecule has 0 fully saturated rings. The van der Waals surface area contributed by atoms with Crippen molar-refractivity contribution < 1.29 is 42.5 Å². The average molecular weight is 354 g/mol. The zero-order chi connectivity index (χ0) is 17.1. The van der Waals surface area contributed by atoms with Crippen molar-refractivity contribution in [1.29, 1.82) is 0 Å². The maximum atomic E-state index is 11.1. The van der Waals surface area contributed by atoms with Gasteiger partial charge in [-0.25, -0.2) is 13.9 Å². The van der Waals surface area contributed by atoms with E-state index >= 15 is 0 Å². The molecule has 22 heavy (non-hydrogen) atoms. The molecule has 10 nitrogen and oxygen atoms in total.